The van der Waals surface area contributed by atoms with Crippen LogP contribution in [-0.2, 0) is 9.59 Å². The van der Waals surface area contributed by atoms with Gasteiger partial charge in [-0.3, -0.25) is 14.4 Å². The first-order valence-corrected chi connectivity index (χ1v) is 10.8. The number of carboxylic acids is 1. The van der Waals surface area contributed by atoms with E-state index in [0.717, 1.165) is 16.5 Å². The van der Waals surface area contributed by atoms with Crippen molar-refractivity contribution in [3.63, 3.8) is 0 Å². The summed E-state index contributed by atoms with van der Waals surface area (Å²) in [5.41, 5.74) is 3.18. The molecule has 2 heterocycles. The maximum atomic E-state index is 12.9. The molecular weight excluding hydrogens is 422 g/mol. The number of nitrogens with one attached hydrogen (secondary N) is 1. The van der Waals surface area contributed by atoms with Crippen molar-refractivity contribution in [3.05, 3.63) is 75.6 Å². The number of carbonyl (C=O) groups excluding carboxylic acids is 1. The van der Waals surface area contributed by atoms with E-state index in [1.165, 1.54) is 5.01 Å². The summed E-state index contributed by atoms with van der Waals surface area (Å²) < 4.78 is 5.50. The van der Waals surface area contributed by atoms with Crippen LogP contribution in [0.5, 0.6) is 5.75 Å². The molecule has 1 aliphatic heterocycles. The van der Waals surface area contributed by atoms with Crippen LogP contribution in [0.2, 0.25) is 0 Å². The number of amides is 1. The van der Waals surface area contributed by atoms with Gasteiger partial charge >= 0.3 is 5.97 Å². The van der Waals surface area contributed by atoms with Crippen LogP contribution in [0, 0.1) is 6.92 Å². The molecule has 0 fully saturated rings. The summed E-state index contributed by atoms with van der Waals surface area (Å²) in [6.07, 6.45) is -0.0875. The summed E-state index contributed by atoms with van der Waals surface area (Å²) in [5.74, 6) is -0.770. The Morgan fingerprint density at radius 3 is 2.61 bits per heavy atom. The van der Waals surface area contributed by atoms with Crippen LogP contribution in [0.1, 0.15) is 48.9 Å². The summed E-state index contributed by atoms with van der Waals surface area (Å²) in [5, 5.41) is 15.6. The van der Waals surface area contributed by atoms with Gasteiger partial charge in [-0.25, -0.2) is 5.01 Å². The molecule has 1 unspecified atom stereocenters. The normalized spacial score (nSPS) is 15.5. The molecular formula is C25H25N3O5. The fourth-order valence-corrected chi connectivity index (χ4v) is 3.93. The summed E-state index contributed by atoms with van der Waals surface area (Å²) in [6, 6.07) is 14.6. The Labute approximate surface area is 190 Å². The summed E-state index contributed by atoms with van der Waals surface area (Å²) in [7, 11) is 0. The van der Waals surface area contributed by atoms with Crippen LogP contribution in [0.3, 0.4) is 0 Å². The van der Waals surface area contributed by atoms with E-state index in [2.05, 4.69) is 10.1 Å². The van der Waals surface area contributed by atoms with E-state index >= 15 is 0 Å². The maximum Gasteiger partial charge on any atom is 0.303 e. The van der Waals surface area contributed by atoms with Gasteiger partial charge in [0, 0.05) is 18.9 Å². The Hall–Kier alpha value is -3.94. The lowest BCUT2D eigenvalue weighted by Gasteiger charge is -2.22. The Kier molecular flexibility index (Phi) is 6.26. The van der Waals surface area contributed by atoms with E-state index in [0.29, 0.717) is 35.6 Å². The van der Waals surface area contributed by atoms with Gasteiger partial charge in [0.05, 0.1) is 35.9 Å². The Balaban J connectivity index is 1.71. The molecule has 0 spiro atoms. The van der Waals surface area contributed by atoms with Crippen LogP contribution in [0.25, 0.3) is 10.9 Å². The number of pyridine rings is 1. The van der Waals surface area contributed by atoms with Crippen LogP contribution in [0.15, 0.2) is 58.4 Å². The third-order valence-electron chi connectivity index (χ3n) is 5.62. The first-order valence-electron chi connectivity index (χ1n) is 10.8. The topological polar surface area (TPSA) is 112 Å². The van der Waals surface area contributed by atoms with Crippen molar-refractivity contribution >= 4 is 28.5 Å². The SMILES string of the molecule is CCOc1ccc2cc(C3=NN(C(=O)CCC(=O)O)C(c4ccc(C)cc4)C3)c(=O)[nH]c2c1. The van der Waals surface area contributed by atoms with E-state index in [1.807, 2.05) is 50.2 Å². The lowest BCUT2D eigenvalue weighted by atomic mass is 9.97. The molecule has 8 heteroatoms. The van der Waals surface area contributed by atoms with Gasteiger partial charge in [-0.05, 0) is 43.0 Å². The molecule has 1 atom stereocenters. The zero-order chi connectivity index (χ0) is 23.5. The number of carbonyl (C=O) groups is 2. The lowest BCUT2D eigenvalue weighted by Crippen LogP contribution is -2.27. The second-order valence-electron chi connectivity index (χ2n) is 8.00. The molecule has 170 valence electrons. The Morgan fingerprint density at radius 1 is 1.15 bits per heavy atom. The molecule has 8 nitrogen and oxygen atoms in total. The minimum absolute atomic E-state index is 0.164. The largest absolute Gasteiger partial charge is 0.494 e. The van der Waals surface area contributed by atoms with E-state index in [4.69, 9.17) is 9.84 Å². The van der Waals surface area contributed by atoms with E-state index in [1.54, 1.807) is 12.1 Å². The molecule has 4 rings (SSSR count). The van der Waals surface area contributed by atoms with Crippen LogP contribution in [0.4, 0.5) is 0 Å². The highest BCUT2D eigenvalue weighted by Crippen LogP contribution is 2.33. The number of ether oxygens (including phenoxy) is 1. The predicted molar refractivity (Wildman–Crippen MR) is 125 cm³/mol. The molecule has 3 aromatic rings. The molecule has 2 aromatic carbocycles. The molecule has 1 aromatic heterocycles. The highest BCUT2D eigenvalue weighted by atomic mass is 16.5. The molecule has 0 bridgehead atoms. The smallest absolute Gasteiger partial charge is 0.303 e. The summed E-state index contributed by atoms with van der Waals surface area (Å²) in [6.45, 7) is 4.39. The zero-order valence-electron chi connectivity index (χ0n) is 18.5. The van der Waals surface area contributed by atoms with Gasteiger partial charge in [-0.15, -0.1) is 0 Å². The van der Waals surface area contributed by atoms with Crippen molar-refractivity contribution in [2.45, 2.75) is 39.2 Å². The molecule has 0 radical (unpaired) electrons. The van der Waals surface area contributed by atoms with Gasteiger partial charge in [0.2, 0.25) is 5.91 Å². The molecule has 1 amide bonds. The number of fused-ring (bicyclic) bond motifs is 1. The number of H-pyrrole nitrogens is 1. The number of aromatic nitrogens is 1. The van der Waals surface area contributed by atoms with Gasteiger partial charge in [0.15, 0.2) is 0 Å². The fourth-order valence-electron chi connectivity index (χ4n) is 3.93. The number of aliphatic carboxylic acids is 1. The monoisotopic (exact) mass is 447 g/mol. The first-order chi connectivity index (χ1) is 15.9. The van der Waals surface area contributed by atoms with E-state index in [9.17, 15) is 14.4 Å². The second kappa shape index (κ2) is 9.28. The van der Waals surface area contributed by atoms with Crippen molar-refractivity contribution in [1.82, 2.24) is 9.99 Å². The first kappa shape index (κ1) is 22.3. The fraction of sp³-hybridized carbons (Fsp3) is 0.280. The minimum Gasteiger partial charge on any atom is -0.494 e. The Morgan fingerprint density at radius 2 is 1.91 bits per heavy atom. The number of benzene rings is 2. The maximum absolute atomic E-state index is 12.9. The third-order valence-corrected chi connectivity index (χ3v) is 5.62. The zero-order valence-corrected chi connectivity index (χ0v) is 18.5. The number of aromatic amines is 1. The summed E-state index contributed by atoms with van der Waals surface area (Å²) >= 11 is 0. The lowest BCUT2D eigenvalue weighted by molar-refractivity contribution is -0.141. The standard InChI is InChI=1S/C25H25N3O5/c1-3-33-18-9-8-17-12-19(25(32)26-20(17)13-18)21-14-22(16-6-4-15(2)5-7-16)28(27-21)23(29)10-11-24(30)31/h4-9,12-13,22H,3,10-11,14H2,1-2H3,(H,26,32)(H,30,31). The van der Waals surface area contributed by atoms with Gasteiger partial charge in [-0.1, -0.05) is 29.8 Å². The number of hydrogen-bond acceptors (Lipinski definition) is 5. The highest BCUT2D eigenvalue weighted by molar-refractivity contribution is 6.05. The third kappa shape index (κ3) is 4.79. The molecule has 0 saturated heterocycles. The molecule has 1 aliphatic rings. The minimum atomic E-state index is -1.05. The van der Waals surface area contributed by atoms with Crippen LogP contribution in [-0.4, -0.2) is 39.3 Å². The number of carboxylic acid groups (broad SMARTS) is 1. The predicted octanol–water partition coefficient (Wildman–Crippen LogP) is 3.78. The van der Waals surface area contributed by atoms with Crippen LogP contribution >= 0.6 is 0 Å². The average Bonchev–Trinajstić information content (AvgIpc) is 3.23. The second-order valence-corrected chi connectivity index (χ2v) is 8.00. The molecule has 0 aliphatic carbocycles. The van der Waals surface area contributed by atoms with Gasteiger partial charge in [0.1, 0.15) is 5.75 Å². The van der Waals surface area contributed by atoms with E-state index < -0.39 is 17.9 Å². The molecule has 2 N–H and O–H groups in total. The quantitative estimate of drug-likeness (QED) is 0.572. The highest BCUT2D eigenvalue weighted by Gasteiger charge is 2.34. The number of hydrazone groups is 1. The number of aryl methyl sites for hydroxylation is 1. The van der Waals surface area contributed by atoms with Gasteiger partial charge in [0.25, 0.3) is 5.56 Å². The number of hydrogen-bond donors (Lipinski definition) is 2. The average molecular weight is 447 g/mol. The van der Waals surface area contributed by atoms with Crippen molar-refractivity contribution in [2.24, 2.45) is 5.10 Å². The number of nitrogens with zero attached hydrogens (tertiary/aromatic N) is 2. The van der Waals surface area contributed by atoms with Crippen molar-refractivity contribution in [3.8, 4) is 5.75 Å². The van der Waals surface area contributed by atoms with Crippen molar-refractivity contribution < 1.29 is 19.4 Å². The van der Waals surface area contributed by atoms with Crippen LogP contribution < -0.4 is 10.3 Å². The van der Waals surface area contributed by atoms with Crippen molar-refractivity contribution in [1.29, 1.82) is 0 Å². The number of rotatable bonds is 7. The molecule has 0 saturated carbocycles. The van der Waals surface area contributed by atoms with E-state index in [-0.39, 0.29) is 18.4 Å². The summed E-state index contributed by atoms with van der Waals surface area (Å²) in [4.78, 5) is 39.6. The van der Waals surface area contributed by atoms with Gasteiger partial charge < -0.3 is 14.8 Å². The van der Waals surface area contributed by atoms with Gasteiger partial charge in [-0.2, -0.15) is 5.10 Å². The van der Waals surface area contributed by atoms with Crippen molar-refractivity contribution in [2.75, 3.05) is 6.61 Å². The Bertz CT molecular complexity index is 1290. The molecule has 33 heavy (non-hydrogen) atoms.